The molecule has 0 bridgehead atoms. The maximum atomic E-state index is 12.2. The van der Waals surface area contributed by atoms with Crippen molar-refractivity contribution in [3.05, 3.63) is 54.9 Å². The van der Waals surface area contributed by atoms with E-state index in [0.717, 1.165) is 42.2 Å². The van der Waals surface area contributed by atoms with Gasteiger partial charge in [0.1, 0.15) is 16.6 Å². The summed E-state index contributed by atoms with van der Waals surface area (Å²) in [5.41, 5.74) is 0.623. The van der Waals surface area contributed by atoms with Crippen LogP contribution in [0.25, 0.3) is 0 Å². The summed E-state index contributed by atoms with van der Waals surface area (Å²) < 4.78 is 4.89. The maximum absolute atomic E-state index is 12.2. The van der Waals surface area contributed by atoms with Gasteiger partial charge in [-0.05, 0) is 43.4 Å². The minimum atomic E-state index is -1.01. The molecule has 8 nitrogen and oxygen atoms in total. The number of amides is 1. The highest BCUT2D eigenvalue weighted by Crippen LogP contribution is 2.37. The molecule has 1 aliphatic rings. The molecule has 0 unspecified atom stereocenters. The van der Waals surface area contributed by atoms with Crippen LogP contribution in [0.5, 0.6) is 0 Å². The average molecular weight is 420 g/mol. The van der Waals surface area contributed by atoms with E-state index in [0.29, 0.717) is 10.6 Å². The Bertz CT molecular complexity index is 1010. The second-order valence-corrected chi connectivity index (χ2v) is 7.61. The van der Waals surface area contributed by atoms with Crippen molar-refractivity contribution in [1.82, 2.24) is 0 Å². The first-order chi connectivity index (χ1) is 13.4. The molecular formula is C18H14ClN3O5S. The molecule has 2 aromatic rings. The number of benzene rings is 1. The highest BCUT2D eigenvalue weighted by atomic mass is 35.5. The topological polar surface area (TPSA) is 122 Å². The molecule has 1 N–H and O–H groups in total. The highest BCUT2D eigenvalue weighted by Gasteiger charge is 2.24. The number of rotatable bonds is 5. The van der Waals surface area contributed by atoms with Gasteiger partial charge in [0.25, 0.3) is 11.6 Å². The summed E-state index contributed by atoms with van der Waals surface area (Å²) in [6, 6.07) is 5.65. The number of halogens is 1. The van der Waals surface area contributed by atoms with Crippen LogP contribution >= 0.6 is 22.9 Å². The van der Waals surface area contributed by atoms with Crippen molar-refractivity contribution in [2.45, 2.75) is 25.7 Å². The van der Waals surface area contributed by atoms with Gasteiger partial charge in [0, 0.05) is 16.0 Å². The fraction of sp³-hybridized carbons (Fsp3) is 0.278. The fourth-order valence-electron chi connectivity index (χ4n) is 2.97. The number of nitro benzene ring substituents is 1. The molecule has 1 aromatic carbocycles. The summed E-state index contributed by atoms with van der Waals surface area (Å²) >= 11 is 7.06. The zero-order valence-electron chi connectivity index (χ0n) is 14.5. The predicted molar refractivity (Wildman–Crippen MR) is 103 cm³/mol. The van der Waals surface area contributed by atoms with Crippen LogP contribution in [-0.2, 0) is 22.4 Å². The first kappa shape index (κ1) is 19.8. The summed E-state index contributed by atoms with van der Waals surface area (Å²) in [5.74, 6) is -1.63. The number of nitrogens with zero attached hydrogens (tertiary/aromatic N) is 2. The largest absolute Gasteiger partial charge is 0.452 e. The molecule has 1 amide bonds. The molecule has 0 radical (unpaired) electrons. The summed E-state index contributed by atoms with van der Waals surface area (Å²) in [6.07, 6.45) is 3.73. The van der Waals surface area contributed by atoms with Crippen molar-refractivity contribution in [1.29, 1.82) is 5.26 Å². The van der Waals surface area contributed by atoms with Crippen molar-refractivity contribution >= 4 is 45.5 Å². The van der Waals surface area contributed by atoms with E-state index in [1.165, 1.54) is 23.5 Å². The average Bonchev–Trinajstić information content (AvgIpc) is 3.02. The minimum Gasteiger partial charge on any atom is -0.452 e. The second kappa shape index (κ2) is 8.37. The van der Waals surface area contributed by atoms with Crippen LogP contribution in [0.1, 0.15) is 39.2 Å². The molecular weight excluding hydrogens is 406 g/mol. The van der Waals surface area contributed by atoms with Crippen LogP contribution in [0.4, 0.5) is 10.7 Å². The Morgan fingerprint density at radius 2 is 2.11 bits per heavy atom. The summed E-state index contributed by atoms with van der Waals surface area (Å²) in [7, 11) is 0. The molecule has 0 aliphatic heterocycles. The molecule has 0 fully saturated rings. The zero-order valence-corrected chi connectivity index (χ0v) is 16.1. The van der Waals surface area contributed by atoms with E-state index in [9.17, 15) is 25.0 Å². The van der Waals surface area contributed by atoms with Crippen LogP contribution < -0.4 is 5.32 Å². The Kier molecular flexibility index (Phi) is 5.92. The van der Waals surface area contributed by atoms with Gasteiger partial charge < -0.3 is 10.1 Å². The van der Waals surface area contributed by atoms with Gasteiger partial charge in [-0.1, -0.05) is 11.6 Å². The summed E-state index contributed by atoms with van der Waals surface area (Å²) in [6.45, 7) is -0.633. The van der Waals surface area contributed by atoms with Crippen LogP contribution in [0.3, 0.4) is 0 Å². The molecule has 3 rings (SSSR count). The first-order valence-corrected chi connectivity index (χ1v) is 9.55. The fourth-order valence-corrected chi connectivity index (χ4v) is 4.39. The van der Waals surface area contributed by atoms with Gasteiger partial charge >= 0.3 is 5.97 Å². The number of thiophene rings is 1. The monoisotopic (exact) mass is 419 g/mol. The number of hydrogen-bond donors (Lipinski definition) is 1. The second-order valence-electron chi connectivity index (χ2n) is 6.07. The third kappa shape index (κ3) is 4.13. The number of nitrogens with one attached hydrogen (secondary N) is 1. The van der Waals surface area contributed by atoms with Gasteiger partial charge in [0.15, 0.2) is 6.61 Å². The lowest BCUT2D eigenvalue weighted by Crippen LogP contribution is -2.21. The normalized spacial score (nSPS) is 12.6. The SMILES string of the molecule is N#Cc1c(NC(=O)COC(=O)c2ccc(Cl)cc2[N+](=O)[O-])sc2c1CCCC2. The van der Waals surface area contributed by atoms with Crippen LogP contribution in [0, 0.1) is 21.4 Å². The van der Waals surface area contributed by atoms with Crippen molar-refractivity contribution in [2.24, 2.45) is 0 Å². The molecule has 1 heterocycles. The van der Waals surface area contributed by atoms with E-state index in [2.05, 4.69) is 11.4 Å². The zero-order chi connectivity index (χ0) is 20.3. The van der Waals surface area contributed by atoms with Crippen LogP contribution in [0.2, 0.25) is 5.02 Å². The molecule has 144 valence electrons. The van der Waals surface area contributed by atoms with Gasteiger partial charge in [-0.15, -0.1) is 11.3 Å². The number of aryl methyl sites for hydroxylation is 1. The number of esters is 1. The van der Waals surface area contributed by atoms with Gasteiger partial charge in [0.05, 0.1) is 10.5 Å². The van der Waals surface area contributed by atoms with Crippen molar-refractivity contribution in [2.75, 3.05) is 11.9 Å². The Labute approximate surface area is 168 Å². The van der Waals surface area contributed by atoms with Crippen molar-refractivity contribution < 1.29 is 19.2 Å². The minimum absolute atomic E-state index is 0.103. The van der Waals surface area contributed by atoms with Gasteiger partial charge in [-0.3, -0.25) is 14.9 Å². The van der Waals surface area contributed by atoms with Gasteiger partial charge in [-0.25, -0.2) is 4.79 Å². The number of carbonyl (C=O) groups is 2. The standard InChI is InChI=1S/C18H14ClN3O5S/c19-10-5-6-12(14(7-10)22(25)26)18(24)27-9-16(23)21-17-13(8-20)11-3-1-2-4-15(11)28-17/h5-7H,1-4,9H2,(H,21,23). The van der Waals surface area contributed by atoms with E-state index >= 15 is 0 Å². The molecule has 1 aromatic heterocycles. The Morgan fingerprint density at radius 1 is 1.36 bits per heavy atom. The molecule has 28 heavy (non-hydrogen) atoms. The van der Waals surface area contributed by atoms with Crippen molar-refractivity contribution in [3.63, 3.8) is 0 Å². The molecule has 0 saturated carbocycles. The van der Waals surface area contributed by atoms with E-state index in [1.54, 1.807) is 0 Å². The number of ether oxygens (including phenoxy) is 1. The lowest BCUT2D eigenvalue weighted by molar-refractivity contribution is -0.385. The lowest BCUT2D eigenvalue weighted by atomic mass is 9.96. The highest BCUT2D eigenvalue weighted by molar-refractivity contribution is 7.16. The maximum Gasteiger partial charge on any atom is 0.345 e. The summed E-state index contributed by atoms with van der Waals surface area (Å²) in [5, 5.41) is 23.6. The van der Waals surface area contributed by atoms with Gasteiger partial charge in [0.2, 0.25) is 0 Å². The molecule has 0 atom stereocenters. The predicted octanol–water partition coefficient (Wildman–Crippen LogP) is 3.86. The number of fused-ring (bicyclic) bond motifs is 1. The van der Waals surface area contributed by atoms with E-state index < -0.39 is 29.1 Å². The Balaban J connectivity index is 1.67. The van der Waals surface area contributed by atoms with Crippen LogP contribution in [-0.4, -0.2) is 23.4 Å². The first-order valence-electron chi connectivity index (χ1n) is 8.36. The molecule has 0 saturated heterocycles. The number of nitro groups is 1. The van der Waals surface area contributed by atoms with E-state index in [4.69, 9.17) is 16.3 Å². The Hall–Kier alpha value is -2.96. The number of anilines is 1. The quantitative estimate of drug-likeness (QED) is 0.446. The van der Waals surface area contributed by atoms with E-state index in [1.807, 2.05) is 0 Å². The van der Waals surface area contributed by atoms with Crippen LogP contribution in [0.15, 0.2) is 18.2 Å². The molecule has 1 aliphatic carbocycles. The van der Waals surface area contributed by atoms with E-state index in [-0.39, 0.29) is 10.6 Å². The summed E-state index contributed by atoms with van der Waals surface area (Å²) in [4.78, 5) is 35.7. The number of hydrogen-bond acceptors (Lipinski definition) is 7. The third-order valence-electron chi connectivity index (χ3n) is 4.25. The molecule has 10 heteroatoms. The number of carbonyl (C=O) groups excluding carboxylic acids is 2. The molecule has 0 spiro atoms. The smallest absolute Gasteiger partial charge is 0.345 e. The van der Waals surface area contributed by atoms with Crippen molar-refractivity contribution in [3.8, 4) is 6.07 Å². The van der Waals surface area contributed by atoms with Gasteiger partial charge in [-0.2, -0.15) is 5.26 Å². The third-order valence-corrected chi connectivity index (χ3v) is 5.69. The number of nitriles is 1. The lowest BCUT2D eigenvalue weighted by Gasteiger charge is -2.09. The Morgan fingerprint density at radius 3 is 2.82 bits per heavy atom.